The van der Waals surface area contributed by atoms with Crippen molar-refractivity contribution in [1.29, 1.82) is 0 Å². The third-order valence-corrected chi connectivity index (χ3v) is 2.17. The quantitative estimate of drug-likeness (QED) is 0.593. The molecule has 1 aromatic carbocycles. The van der Waals surface area contributed by atoms with Crippen LogP contribution in [0.15, 0.2) is 17.1 Å². The minimum atomic E-state index is 0.494. The van der Waals surface area contributed by atoms with Crippen molar-refractivity contribution in [3.63, 3.8) is 0 Å². The summed E-state index contributed by atoms with van der Waals surface area (Å²) in [6.07, 6.45) is 0. The number of hydrogen-bond donors (Lipinski definition) is 0. The van der Waals surface area contributed by atoms with Crippen LogP contribution in [0.4, 0.5) is 5.69 Å². The van der Waals surface area contributed by atoms with Gasteiger partial charge < -0.3 is 9.47 Å². The number of isothiocyanates is 1. The Hall–Kier alpha value is -1.09. The van der Waals surface area contributed by atoms with Crippen molar-refractivity contribution in [1.82, 2.24) is 0 Å². The molecule has 0 aromatic heterocycles. The predicted octanol–water partition coefficient (Wildman–Crippen LogP) is 3.87. The lowest BCUT2D eigenvalue weighted by Crippen LogP contribution is -1.95. The van der Waals surface area contributed by atoms with E-state index in [0.717, 1.165) is 0 Å². The average Bonchev–Trinajstić information content (AvgIpc) is 2.25. The van der Waals surface area contributed by atoms with Gasteiger partial charge in [0.1, 0.15) is 17.2 Å². The lowest BCUT2D eigenvalue weighted by molar-refractivity contribution is 0.332. The summed E-state index contributed by atoms with van der Waals surface area (Å²) >= 11 is 10.6. The zero-order valence-corrected chi connectivity index (χ0v) is 10.7. The number of nitrogens with zero attached hydrogens (tertiary/aromatic N) is 1. The first kappa shape index (κ1) is 13.0. The zero-order chi connectivity index (χ0) is 12.0. The maximum Gasteiger partial charge on any atom is 0.147 e. The molecule has 1 aromatic rings. The molecule has 86 valence electrons. The number of halogens is 1. The second-order valence-electron chi connectivity index (χ2n) is 2.82. The second kappa shape index (κ2) is 6.48. The molecule has 0 bridgehead atoms. The van der Waals surface area contributed by atoms with Crippen LogP contribution in [-0.4, -0.2) is 18.4 Å². The van der Waals surface area contributed by atoms with Crippen molar-refractivity contribution in [2.45, 2.75) is 13.8 Å². The molecule has 0 atom stereocenters. The van der Waals surface area contributed by atoms with Gasteiger partial charge in [0.25, 0.3) is 0 Å². The molecular weight excluding hydrogens is 246 g/mol. The van der Waals surface area contributed by atoms with E-state index in [-0.39, 0.29) is 0 Å². The molecular formula is C11H12ClNO2S. The van der Waals surface area contributed by atoms with Gasteiger partial charge in [-0.2, -0.15) is 4.99 Å². The van der Waals surface area contributed by atoms with E-state index in [2.05, 4.69) is 22.4 Å². The Kier molecular flexibility index (Phi) is 5.26. The van der Waals surface area contributed by atoms with Gasteiger partial charge in [0.2, 0.25) is 0 Å². The predicted molar refractivity (Wildman–Crippen MR) is 68.5 cm³/mol. The van der Waals surface area contributed by atoms with Crippen LogP contribution < -0.4 is 9.47 Å². The fraction of sp³-hybridized carbons (Fsp3) is 0.364. The highest BCUT2D eigenvalue weighted by Crippen LogP contribution is 2.37. The number of ether oxygens (including phenoxy) is 2. The highest BCUT2D eigenvalue weighted by atomic mass is 35.5. The third-order valence-electron chi connectivity index (χ3n) is 1.78. The summed E-state index contributed by atoms with van der Waals surface area (Å²) in [6.45, 7) is 4.84. The Balaban J connectivity index is 3.19. The van der Waals surface area contributed by atoms with E-state index in [1.54, 1.807) is 12.1 Å². The summed E-state index contributed by atoms with van der Waals surface area (Å²) in [6, 6.07) is 3.36. The van der Waals surface area contributed by atoms with Crippen molar-refractivity contribution >= 4 is 34.7 Å². The molecule has 0 aliphatic carbocycles. The Morgan fingerprint density at radius 1 is 1.25 bits per heavy atom. The van der Waals surface area contributed by atoms with E-state index >= 15 is 0 Å². The topological polar surface area (TPSA) is 30.8 Å². The fourth-order valence-corrected chi connectivity index (χ4v) is 1.50. The van der Waals surface area contributed by atoms with Gasteiger partial charge in [0.15, 0.2) is 0 Å². The summed E-state index contributed by atoms with van der Waals surface area (Å²) < 4.78 is 10.7. The van der Waals surface area contributed by atoms with Gasteiger partial charge in [0, 0.05) is 12.1 Å². The Morgan fingerprint density at radius 3 is 2.44 bits per heavy atom. The lowest BCUT2D eigenvalue weighted by atomic mass is 10.2. The van der Waals surface area contributed by atoms with Gasteiger partial charge >= 0.3 is 0 Å². The van der Waals surface area contributed by atoms with Gasteiger partial charge in [-0.25, -0.2) is 0 Å². The highest BCUT2D eigenvalue weighted by molar-refractivity contribution is 7.78. The van der Waals surface area contributed by atoms with Crippen LogP contribution in [-0.2, 0) is 0 Å². The van der Waals surface area contributed by atoms with Crippen molar-refractivity contribution in [3.05, 3.63) is 17.2 Å². The van der Waals surface area contributed by atoms with Crippen LogP contribution in [0.2, 0.25) is 5.02 Å². The molecule has 0 aliphatic rings. The molecule has 16 heavy (non-hydrogen) atoms. The van der Waals surface area contributed by atoms with E-state index in [1.165, 1.54) is 0 Å². The molecule has 0 fully saturated rings. The van der Waals surface area contributed by atoms with Crippen molar-refractivity contribution in [3.8, 4) is 11.5 Å². The number of benzene rings is 1. The molecule has 0 spiro atoms. The minimum absolute atomic E-state index is 0.494. The fourth-order valence-electron chi connectivity index (χ4n) is 1.20. The molecule has 0 saturated heterocycles. The third kappa shape index (κ3) is 3.20. The molecule has 3 nitrogen and oxygen atoms in total. The normalized spacial score (nSPS) is 9.44. The molecule has 1 rings (SSSR count). The summed E-state index contributed by atoms with van der Waals surface area (Å²) in [4.78, 5) is 3.91. The first-order valence-electron chi connectivity index (χ1n) is 4.89. The second-order valence-corrected chi connectivity index (χ2v) is 3.41. The van der Waals surface area contributed by atoms with Gasteiger partial charge in [-0.05, 0) is 26.1 Å². The maximum atomic E-state index is 6.02. The number of rotatable bonds is 5. The van der Waals surface area contributed by atoms with E-state index in [0.29, 0.717) is 35.4 Å². The highest BCUT2D eigenvalue weighted by Gasteiger charge is 2.09. The van der Waals surface area contributed by atoms with Gasteiger partial charge in [0.05, 0.1) is 23.4 Å². The Labute approximate surface area is 105 Å². The average molecular weight is 258 g/mol. The van der Waals surface area contributed by atoms with Crippen LogP contribution in [0.25, 0.3) is 0 Å². The molecule has 0 saturated carbocycles. The minimum Gasteiger partial charge on any atom is -0.492 e. The van der Waals surface area contributed by atoms with Crippen molar-refractivity contribution < 1.29 is 9.47 Å². The number of thiocarbonyl (C=S) groups is 1. The van der Waals surface area contributed by atoms with Crippen LogP contribution in [0, 0.1) is 0 Å². The molecule has 0 amide bonds. The summed E-state index contributed by atoms with van der Waals surface area (Å²) in [7, 11) is 0. The van der Waals surface area contributed by atoms with E-state index in [1.807, 2.05) is 13.8 Å². The van der Waals surface area contributed by atoms with E-state index in [9.17, 15) is 0 Å². The molecule has 0 unspecified atom stereocenters. The molecule has 0 aliphatic heterocycles. The Morgan fingerprint density at radius 2 is 1.88 bits per heavy atom. The maximum absolute atomic E-state index is 6.02. The SMILES string of the molecule is CCOc1cc(N=C=S)c(OCC)cc1Cl. The molecule has 0 heterocycles. The number of hydrogen-bond acceptors (Lipinski definition) is 4. The molecule has 0 radical (unpaired) electrons. The van der Waals surface area contributed by atoms with Crippen LogP contribution in [0.1, 0.15) is 13.8 Å². The van der Waals surface area contributed by atoms with E-state index < -0.39 is 0 Å². The van der Waals surface area contributed by atoms with E-state index in [4.69, 9.17) is 21.1 Å². The number of aliphatic imine (C=N–C) groups is 1. The standard InChI is InChI=1S/C11H12ClNO2S/c1-3-14-10-6-9(13-7-16)11(15-4-2)5-8(10)12/h5-6H,3-4H2,1-2H3. The van der Waals surface area contributed by atoms with Gasteiger partial charge in [-0.1, -0.05) is 11.6 Å². The lowest BCUT2D eigenvalue weighted by Gasteiger charge is -2.10. The van der Waals surface area contributed by atoms with Crippen LogP contribution in [0.5, 0.6) is 11.5 Å². The first-order valence-corrected chi connectivity index (χ1v) is 5.68. The smallest absolute Gasteiger partial charge is 0.147 e. The first-order chi connectivity index (χ1) is 7.72. The molecule has 5 heteroatoms. The summed E-state index contributed by atoms with van der Waals surface area (Å²) in [5.74, 6) is 1.14. The summed E-state index contributed by atoms with van der Waals surface area (Å²) in [5.41, 5.74) is 0.574. The van der Waals surface area contributed by atoms with Crippen LogP contribution in [0.3, 0.4) is 0 Å². The van der Waals surface area contributed by atoms with Crippen molar-refractivity contribution in [2.24, 2.45) is 4.99 Å². The summed E-state index contributed by atoms with van der Waals surface area (Å²) in [5, 5.41) is 2.80. The monoisotopic (exact) mass is 257 g/mol. The van der Waals surface area contributed by atoms with Gasteiger partial charge in [-0.15, -0.1) is 0 Å². The molecule has 0 N–H and O–H groups in total. The van der Waals surface area contributed by atoms with Crippen molar-refractivity contribution in [2.75, 3.05) is 13.2 Å². The largest absolute Gasteiger partial charge is 0.492 e. The Bertz CT molecular complexity index is 417. The van der Waals surface area contributed by atoms with Crippen LogP contribution >= 0.6 is 23.8 Å². The zero-order valence-electron chi connectivity index (χ0n) is 9.12. The van der Waals surface area contributed by atoms with Gasteiger partial charge in [-0.3, -0.25) is 0 Å².